The summed E-state index contributed by atoms with van der Waals surface area (Å²) >= 11 is 3.54. The minimum absolute atomic E-state index is 0.623. The zero-order valence-corrected chi connectivity index (χ0v) is 13.5. The fourth-order valence-corrected chi connectivity index (χ4v) is 2.54. The van der Waals surface area contributed by atoms with Gasteiger partial charge in [-0.05, 0) is 30.0 Å². The number of rotatable bonds is 8. The molecule has 0 saturated heterocycles. The maximum atomic E-state index is 3.54. The molecule has 0 fully saturated rings. The van der Waals surface area contributed by atoms with Gasteiger partial charge >= 0.3 is 0 Å². The molecule has 0 spiro atoms. The van der Waals surface area contributed by atoms with Crippen LogP contribution in [-0.4, -0.2) is 23.3 Å². The van der Waals surface area contributed by atoms with Crippen LogP contribution in [0, 0.1) is 0 Å². The van der Waals surface area contributed by atoms with Gasteiger partial charge in [-0.1, -0.05) is 67.4 Å². The average Bonchev–Trinajstić information content (AvgIpc) is 2.37. The molecule has 1 aromatic rings. The first-order valence-corrected chi connectivity index (χ1v) is 8.16. The van der Waals surface area contributed by atoms with Crippen LogP contribution >= 0.6 is 15.9 Å². The Morgan fingerprint density at radius 3 is 2.28 bits per heavy atom. The Bertz CT molecular complexity index is 318. The Labute approximate surface area is 121 Å². The normalized spacial score (nSPS) is 11.4. The van der Waals surface area contributed by atoms with Gasteiger partial charge in [-0.25, -0.2) is 0 Å². The zero-order valence-electron chi connectivity index (χ0n) is 12.0. The standard InChI is InChI=1S/C16H26BrN/c1-4-5-11-18(12-10-17)13-15-6-8-16(9-7-15)14(2)3/h6-9,14H,4-5,10-13H2,1-3H3. The quantitative estimate of drug-likeness (QED) is 0.623. The highest BCUT2D eigenvalue weighted by Crippen LogP contribution is 2.15. The van der Waals surface area contributed by atoms with Gasteiger partial charge in [0.2, 0.25) is 0 Å². The van der Waals surface area contributed by atoms with Gasteiger partial charge < -0.3 is 0 Å². The lowest BCUT2D eigenvalue weighted by molar-refractivity contribution is 0.278. The fraction of sp³-hybridized carbons (Fsp3) is 0.625. The molecule has 1 aromatic carbocycles. The molecule has 18 heavy (non-hydrogen) atoms. The molecule has 1 nitrogen and oxygen atoms in total. The Kier molecular flexibility index (Phi) is 7.60. The van der Waals surface area contributed by atoms with E-state index in [0.717, 1.165) is 18.4 Å². The summed E-state index contributed by atoms with van der Waals surface area (Å²) in [6.07, 6.45) is 2.56. The lowest BCUT2D eigenvalue weighted by Gasteiger charge is -2.21. The highest BCUT2D eigenvalue weighted by Gasteiger charge is 2.05. The fourth-order valence-electron chi connectivity index (χ4n) is 2.04. The van der Waals surface area contributed by atoms with Crippen LogP contribution in [0.5, 0.6) is 0 Å². The molecule has 0 unspecified atom stereocenters. The summed E-state index contributed by atoms with van der Waals surface area (Å²) < 4.78 is 0. The van der Waals surface area contributed by atoms with Crippen molar-refractivity contribution in [3.8, 4) is 0 Å². The lowest BCUT2D eigenvalue weighted by Crippen LogP contribution is -2.26. The number of nitrogens with zero attached hydrogens (tertiary/aromatic N) is 1. The van der Waals surface area contributed by atoms with Gasteiger partial charge in [0.25, 0.3) is 0 Å². The number of halogens is 1. The van der Waals surface area contributed by atoms with E-state index >= 15 is 0 Å². The molecule has 0 heterocycles. The maximum absolute atomic E-state index is 3.54. The zero-order chi connectivity index (χ0) is 13.4. The van der Waals surface area contributed by atoms with Crippen molar-refractivity contribution < 1.29 is 0 Å². The number of benzene rings is 1. The molecule has 0 atom stereocenters. The van der Waals surface area contributed by atoms with Gasteiger partial charge in [-0.2, -0.15) is 0 Å². The molecule has 0 amide bonds. The molecule has 2 heteroatoms. The monoisotopic (exact) mass is 311 g/mol. The van der Waals surface area contributed by atoms with Crippen molar-refractivity contribution in [2.45, 2.75) is 46.1 Å². The molecule has 0 bridgehead atoms. The highest BCUT2D eigenvalue weighted by molar-refractivity contribution is 9.09. The van der Waals surface area contributed by atoms with Crippen LogP contribution in [0.25, 0.3) is 0 Å². The number of hydrogen-bond donors (Lipinski definition) is 0. The first-order chi connectivity index (χ1) is 8.67. The van der Waals surface area contributed by atoms with Gasteiger partial charge in [-0.3, -0.25) is 4.90 Å². The first kappa shape index (κ1) is 15.7. The molecular formula is C16H26BrN. The van der Waals surface area contributed by atoms with Crippen LogP contribution in [-0.2, 0) is 6.54 Å². The van der Waals surface area contributed by atoms with Crippen molar-refractivity contribution in [1.82, 2.24) is 4.90 Å². The van der Waals surface area contributed by atoms with E-state index in [1.54, 1.807) is 0 Å². The molecule has 0 radical (unpaired) electrons. The second-order valence-electron chi connectivity index (χ2n) is 5.21. The molecule has 0 aliphatic carbocycles. The Morgan fingerprint density at radius 2 is 1.78 bits per heavy atom. The Balaban J connectivity index is 2.56. The van der Waals surface area contributed by atoms with Crippen molar-refractivity contribution in [1.29, 1.82) is 0 Å². The van der Waals surface area contributed by atoms with Gasteiger partial charge in [0.1, 0.15) is 0 Å². The first-order valence-electron chi connectivity index (χ1n) is 7.04. The van der Waals surface area contributed by atoms with Gasteiger partial charge in [0.15, 0.2) is 0 Å². The summed E-state index contributed by atoms with van der Waals surface area (Å²) in [5.41, 5.74) is 2.86. The number of hydrogen-bond acceptors (Lipinski definition) is 1. The van der Waals surface area contributed by atoms with E-state index in [-0.39, 0.29) is 0 Å². The molecule has 0 aromatic heterocycles. The van der Waals surface area contributed by atoms with Gasteiger partial charge in [-0.15, -0.1) is 0 Å². The van der Waals surface area contributed by atoms with E-state index in [1.807, 2.05) is 0 Å². The van der Waals surface area contributed by atoms with Crippen molar-refractivity contribution >= 4 is 15.9 Å². The largest absolute Gasteiger partial charge is 0.298 e. The van der Waals surface area contributed by atoms with E-state index < -0.39 is 0 Å². The van der Waals surface area contributed by atoms with Crippen molar-refractivity contribution in [3.05, 3.63) is 35.4 Å². The second-order valence-corrected chi connectivity index (χ2v) is 6.01. The number of unbranched alkanes of at least 4 members (excludes halogenated alkanes) is 1. The van der Waals surface area contributed by atoms with Crippen LogP contribution in [0.4, 0.5) is 0 Å². The summed E-state index contributed by atoms with van der Waals surface area (Å²) in [5, 5.41) is 1.06. The Hall–Kier alpha value is -0.340. The van der Waals surface area contributed by atoms with Crippen molar-refractivity contribution in [3.63, 3.8) is 0 Å². The molecule has 1 rings (SSSR count). The lowest BCUT2D eigenvalue weighted by atomic mass is 10.0. The van der Waals surface area contributed by atoms with E-state index in [0.29, 0.717) is 5.92 Å². The topological polar surface area (TPSA) is 3.24 Å². The molecular weight excluding hydrogens is 286 g/mol. The van der Waals surface area contributed by atoms with E-state index in [1.165, 1.54) is 30.5 Å². The van der Waals surface area contributed by atoms with Crippen molar-refractivity contribution in [2.75, 3.05) is 18.4 Å². The Morgan fingerprint density at radius 1 is 1.11 bits per heavy atom. The molecule has 0 N–H and O–H groups in total. The third kappa shape index (κ3) is 5.53. The van der Waals surface area contributed by atoms with Gasteiger partial charge in [0.05, 0.1) is 0 Å². The summed E-state index contributed by atoms with van der Waals surface area (Å²) in [5.74, 6) is 0.623. The van der Waals surface area contributed by atoms with Gasteiger partial charge in [0, 0.05) is 18.4 Å². The van der Waals surface area contributed by atoms with Crippen LogP contribution in [0.1, 0.15) is 50.7 Å². The summed E-state index contributed by atoms with van der Waals surface area (Å²) in [6.45, 7) is 10.1. The third-order valence-electron chi connectivity index (χ3n) is 3.28. The maximum Gasteiger partial charge on any atom is 0.0234 e. The SMILES string of the molecule is CCCCN(CCBr)Cc1ccc(C(C)C)cc1. The number of alkyl halides is 1. The summed E-state index contributed by atoms with van der Waals surface area (Å²) in [7, 11) is 0. The van der Waals surface area contributed by atoms with Crippen LogP contribution < -0.4 is 0 Å². The smallest absolute Gasteiger partial charge is 0.0234 e. The van der Waals surface area contributed by atoms with Crippen LogP contribution in [0.15, 0.2) is 24.3 Å². The highest BCUT2D eigenvalue weighted by atomic mass is 79.9. The summed E-state index contributed by atoms with van der Waals surface area (Å²) in [6, 6.07) is 9.10. The predicted molar refractivity (Wildman–Crippen MR) is 84.5 cm³/mol. The van der Waals surface area contributed by atoms with E-state index in [4.69, 9.17) is 0 Å². The molecule has 0 saturated carbocycles. The second kappa shape index (κ2) is 8.71. The van der Waals surface area contributed by atoms with E-state index in [9.17, 15) is 0 Å². The molecule has 0 aliphatic heterocycles. The molecule has 102 valence electrons. The van der Waals surface area contributed by atoms with Crippen LogP contribution in [0.3, 0.4) is 0 Å². The predicted octanol–water partition coefficient (Wildman–Crippen LogP) is 4.81. The average molecular weight is 312 g/mol. The van der Waals surface area contributed by atoms with E-state index in [2.05, 4.69) is 65.9 Å². The minimum Gasteiger partial charge on any atom is -0.298 e. The van der Waals surface area contributed by atoms with Crippen molar-refractivity contribution in [2.24, 2.45) is 0 Å². The van der Waals surface area contributed by atoms with Crippen LogP contribution in [0.2, 0.25) is 0 Å². The molecule has 0 aliphatic rings. The summed E-state index contributed by atoms with van der Waals surface area (Å²) in [4.78, 5) is 2.53. The minimum atomic E-state index is 0.623. The third-order valence-corrected chi connectivity index (χ3v) is 3.64.